The lowest BCUT2D eigenvalue weighted by Crippen LogP contribution is -2.16. The van der Waals surface area contributed by atoms with Gasteiger partial charge in [0.15, 0.2) is 5.13 Å². The van der Waals surface area contributed by atoms with Crippen molar-refractivity contribution in [2.45, 2.75) is 20.8 Å². The summed E-state index contributed by atoms with van der Waals surface area (Å²) >= 11 is 1.36. The van der Waals surface area contributed by atoms with E-state index in [0.717, 1.165) is 16.6 Å². The fourth-order valence-corrected chi connectivity index (χ4v) is 2.51. The van der Waals surface area contributed by atoms with E-state index in [0.29, 0.717) is 5.13 Å². The Morgan fingerprint density at radius 2 is 1.95 bits per heavy atom. The van der Waals surface area contributed by atoms with E-state index in [2.05, 4.69) is 15.6 Å². The molecule has 0 aliphatic heterocycles. The third-order valence-electron chi connectivity index (χ3n) is 2.79. The van der Waals surface area contributed by atoms with Crippen LogP contribution in [-0.2, 0) is 4.79 Å². The lowest BCUT2D eigenvalue weighted by atomic mass is 10.1. The number of thiazole rings is 1. The Bertz CT molecular complexity index is 693. The number of aromatic nitrogens is 1. The van der Waals surface area contributed by atoms with E-state index in [1.807, 2.05) is 13.8 Å². The van der Waals surface area contributed by atoms with Crippen LogP contribution >= 0.6 is 11.3 Å². The van der Waals surface area contributed by atoms with Crippen LogP contribution in [0.15, 0.2) is 18.2 Å². The highest BCUT2D eigenvalue weighted by Gasteiger charge is 2.15. The minimum absolute atomic E-state index is 0.130. The summed E-state index contributed by atoms with van der Waals surface area (Å²) in [6, 6.07) is 3.59. The first-order valence-electron chi connectivity index (χ1n) is 6.19. The van der Waals surface area contributed by atoms with Crippen LogP contribution in [0.2, 0.25) is 0 Å². The zero-order chi connectivity index (χ0) is 15.6. The second-order valence-corrected chi connectivity index (χ2v) is 5.69. The largest absolute Gasteiger partial charge is 0.325 e. The first-order valence-corrected chi connectivity index (χ1v) is 7.01. The smallest absolute Gasteiger partial charge is 0.259 e. The Morgan fingerprint density at radius 1 is 1.24 bits per heavy atom. The third-order valence-corrected chi connectivity index (χ3v) is 3.77. The number of hydrogen-bond acceptors (Lipinski definition) is 4. The van der Waals surface area contributed by atoms with Crippen LogP contribution in [0.3, 0.4) is 0 Å². The molecule has 2 rings (SSSR count). The summed E-state index contributed by atoms with van der Waals surface area (Å²) in [5.41, 5.74) is 1.15. The second kappa shape index (κ2) is 6.01. The molecule has 2 aromatic rings. The number of benzene rings is 1. The van der Waals surface area contributed by atoms with E-state index in [4.69, 9.17) is 0 Å². The Hall–Kier alpha value is -2.28. The van der Waals surface area contributed by atoms with Gasteiger partial charge in [-0.05, 0) is 32.0 Å². The molecule has 21 heavy (non-hydrogen) atoms. The molecule has 0 saturated carbocycles. The lowest BCUT2D eigenvalue weighted by molar-refractivity contribution is -0.114. The van der Waals surface area contributed by atoms with E-state index < -0.39 is 11.7 Å². The summed E-state index contributed by atoms with van der Waals surface area (Å²) in [5.74, 6) is -1.36. The normalized spacial score (nSPS) is 10.3. The zero-order valence-corrected chi connectivity index (χ0v) is 12.6. The fraction of sp³-hybridized carbons (Fsp3) is 0.214. The molecule has 0 fully saturated rings. The topological polar surface area (TPSA) is 71.1 Å². The Morgan fingerprint density at radius 3 is 2.52 bits per heavy atom. The molecule has 1 aromatic carbocycles. The SMILES string of the molecule is CC(=O)Nc1cc(F)ccc1C(=O)Nc1nc(C)c(C)s1. The summed E-state index contributed by atoms with van der Waals surface area (Å²) in [4.78, 5) is 28.6. The molecule has 0 bridgehead atoms. The zero-order valence-electron chi connectivity index (χ0n) is 11.8. The Balaban J connectivity index is 2.27. The molecule has 0 spiro atoms. The molecular weight excluding hydrogens is 293 g/mol. The molecule has 0 saturated heterocycles. The van der Waals surface area contributed by atoms with E-state index >= 15 is 0 Å². The number of halogens is 1. The number of hydrogen-bond donors (Lipinski definition) is 2. The van der Waals surface area contributed by atoms with Crippen molar-refractivity contribution in [3.63, 3.8) is 0 Å². The van der Waals surface area contributed by atoms with Crippen molar-refractivity contribution in [3.05, 3.63) is 40.2 Å². The molecule has 110 valence electrons. The summed E-state index contributed by atoms with van der Waals surface area (Å²) in [5, 5.41) is 5.55. The van der Waals surface area contributed by atoms with Crippen molar-refractivity contribution < 1.29 is 14.0 Å². The number of anilines is 2. The Labute approximate surface area is 125 Å². The predicted octanol–water partition coefficient (Wildman–Crippen LogP) is 3.11. The first kappa shape index (κ1) is 15.1. The number of nitrogens with zero attached hydrogens (tertiary/aromatic N) is 1. The molecule has 0 radical (unpaired) electrons. The molecule has 1 aromatic heterocycles. The van der Waals surface area contributed by atoms with Gasteiger partial charge in [0, 0.05) is 11.8 Å². The van der Waals surface area contributed by atoms with Gasteiger partial charge in [-0.25, -0.2) is 9.37 Å². The molecule has 7 heteroatoms. The van der Waals surface area contributed by atoms with Crippen molar-refractivity contribution in [3.8, 4) is 0 Å². The summed E-state index contributed by atoms with van der Waals surface area (Å²) < 4.78 is 13.3. The summed E-state index contributed by atoms with van der Waals surface area (Å²) in [7, 11) is 0. The molecule has 2 N–H and O–H groups in total. The van der Waals surface area contributed by atoms with Gasteiger partial charge in [0.2, 0.25) is 5.91 Å². The van der Waals surface area contributed by atoms with Crippen molar-refractivity contribution in [1.82, 2.24) is 4.98 Å². The number of carbonyl (C=O) groups excluding carboxylic acids is 2. The highest BCUT2D eigenvalue weighted by molar-refractivity contribution is 7.15. The Kier molecular flexibility index (Phi) is 4.32. The first-order chi connectivity index (χ1) is 9.86. The van der Waals surface area contributed by atoms with Gasteiger partial charge in [-0.15, -0.1) is 11.3 Å². The fourth-order valence-electron chi connectivity index (χ4n) is 1.70. The van der Waals surface area contributed by atoms with Gasteiger partial charge in [-0.3, -0.25) is 14.9 Å². The summed E-state index contributed by atoms with van der Waals surface area (Å²) in [6.07, 6.45) is 0. The standard InChI is InChI=1S/C14H14FN3O2S/c1-7-8(2)21-14(16-7)18-13(20)11-5-4-10(15)6-12(11)17-9(3)19/h4-6H,1-3H3,(H,17,19)(H,16,18,20). The van der Waals surface area contributed by atoms with Gasteiger partial charge >= 0.3 is 0 Å². The van der Waals surface area contributed by atoms with E-state index in [1.54, 1.807) is 0 Å². The molecule has 5 nitrogen and oxygen atoms in total. The van der Waals surface area contributed by atoms with Gasteiger partial charge in [-0.1, -0.05) is 0 Å². The molecule has 0 aliphatic carbocycles. The maximum atomic E-state index is 13.3. The molecule has 0 atom stereocenters. The maximum Gasteiger partial charge on any atom is 0.259 e. The molecule has 0 aliphatic rings. The monoisotopic (exact) mass is 307 g/mol. The van der Waals surface area contributed by atoms with Crippen LogP contribution in [0.5, 0.6) is 0 Å². The van der Waals surface area contributed by atoms with Crippen LogP contribution in [0, 0.1) is 19.7 Å². The molecular formula is C14H14FN3O2S. The van der Waals surface area contributed by atoms with E-state index in [-0.39, 0.29) is 17.2 Å². The van der Waals surface area contributed by atoms with Crippen LogP contribution < -0.4 is 10.6 Å². The van der Waals surface area contributed by atoms with Crippen molar-refractivity contribution in [1.29, 1.82) is 0 Å². The van der Waals surface area contributed by atoms with Crippen molar-refractivity contribution in [2.24, 2.45) is 0 Å². The highest BCUT2D eigenvalue weighted by Crippen LogP contribution is 2.23. The number of amides is 2. The lowest BCUT2D eigenvalue weighted by Gasteiger charge is -2.09. The van der Waals surface area contributed by atoms with Crippen LogP contribution in [0.25, 0.3) is 0 Å². The average Bonchev–Trinajstić information content (AvgIpc) is 2.67. The number of carbonyl (C=O) groups is 2. The summed E-state index contributed by atoms with van der Waals surface area (Å²) in [6.45, 7) is 5.05. The minimum Gasteiger partial charge on any atom is -0.325 e. The van der Waals surface area contributed by atoms with Crippen molar-refractivity contribution >= 4 is 34.0 Å². The van der Waals surface area contributed by atoms with Gasteiger partial charge in [-0.2, -0.15) is 0 Å². The second-order valence-electron chi connectivity index (χ2n) is 4.49. The third kappa shape index (κ3) is 3.63. The van der Waals surface area contributed by atoms with E-state index in [9.17, 15) is 14.0 Å². The van der Waals surface area contributed by atoms with Crippen LogP contribution in [0.4, 0.5) is 15.2 Å². The van der Waals surface area contributed by atoms with Gasteiger partial charge in [0.25, 0.3) is 5.91 Å². The van der Waals surface area contributed by atoms with Gasteiger partial charge in [0.1, 0.15) is 5.82 Å². The van der Waals surface area contributed by atoms with Crippen LogP contribution in [0.1, 0.15) is 27.9 Å². The molecule has 0 unspecified atom stereocenters. The van der Waals surface area contributed by atoms with Crippen molar-refractivity contribution in [2.75, 3.05) is 10.6 Å². The average molecular weight is 307 g/mol. The number of nitrogens with one attached hydrogen (secondary N) is 2. The maximum absolute atomic E-state index is 13.3. The predicted molar refractivity (Wildman–Crippen MR) is 80.2 cm³/mol. The minimum atomic E-state index is -0.531. The van der Waals surface area contributed by atoms with Gasteiger partial charge in [0.05, 0.1) is 16.9 Å². The van der Waals surface area contributed by atoms with Crippen LogP contribution in [-0.4, -0.2) is 16.8 Å². The molecule has 2 amide bonds. The molecule has 1 heterocycles. The number of aryl methyl sites for hydroxylation is 2. The number of rotatable bonds is 3. The quantitative estimate of drug-likeness (QED) is 0.915. The van der Waals surface area contributed by atoms with Gasteiger partial charge < -0.3 is 5.32 Å². The highest BCUT2D eigenvalue weighted by atomic mass is 32.1. The van der Waals surface area contributed by atoms with E-state index in [1.165, 1.54) is 30.4 Å².